The van der Waals surface area contributed by atoms with E-state index in [1.165, 1.54) is 50.0 Å². The number of hydrogen-bond donors (Lipinski definition) is 2. The number of fused-ring (bicyclic) bond motifs is 2. The number of hydrogen-bond acceptors (Lipinski definition) is 3. The monoisotopic (exact) mass is 309 g/mol. The number of aliphatic imine (C=N–C) groups is 1. The van der Waals surface area contributed by atoms with Gasteiger partial charge in [0.2, 0.25) is 0 Å². The number of nitrogens with one attached hydrogen (secondary N) is 2. The van der Waals surface area contributed by atoms with Crippen LogP contribution >= 0.6 is 11.8 Å². The predicted molar refractivity (Wildman–Crippen MR) is 87.9 cm³/mol. The number of ether oxygens (including phenoxy) is 1. The van der Waals surface area contributed by atoms with E-state index in [-0.39, 0.29) is 0 Å². The zero-order valence-corrected chi connectivity index (χ0v) is 13.8. The molecule has 0 aromatic carbocycles. The highest BCUT2D eigenvalue weighted by molar-refractivity contribution is 7.99. The molecule has 118 valence electrons. The average Bonchev–Trinajstić information content (AvgIpc) is 2.88. The van der Waals surface area contributed by atoms with Gasteiger partial charge >= 0.3 is 0 Å². The van der Waals surface area contributed by atoms with Crippen LogP contribution in [-0.2, 0) is 4.74 Å². The third kappa shape index (κ3) is 2.27. The molecule has 4 unspecified atom stereocenters. The van der Waals surface area contributed by atoms with E-state index in [2.05, 4.69) is 27.4 Å². The van der Waals surface area contributed by atoms with Crippen LogP contribution in [0, 0.1) is 11.3 Å². The van der Waals surface area contributed by atoms with Crippen LogP contribution in [0.25, 0.3) is 0 Å². The summed E-state index contributed by atoms with van der Waals surface area (Å²) in [6, 6.07) is 1.17. The van der Waals surface area contributed by atoms with Crippen LogP contribution in [-0.4, -0.2) is 49.3 Å². The van der Waals surface area contributed by atoms with Crippen molar-refractivity contribution in [1.29, 1.82) is 0 Å². The molecule has 2 heterocycles. The van der Waals surface area contributed by atoms with Gasteiger partial charge in [0.15, 0.2) is 5.96 Å². The zero-order chi connectivity index (χ0) is 14.3. The topological polar surface area (TPSA) is 45.7 Å². The molecule has 4 atom stereocenters. The van der Waals surface area contributed by atoms with Crippen molar-refractivity contribution >= 4 is 17.7 Å². The van der Waals surface area contributed by atoms with E-state index in [1.807, 2.05) is 7.05 Å². The summed E-state index contributed by atoms with van der Waals surface area (Å²) in [4.78, 5) is 4.49. The summed E-state index contributed by atoms with van der Waals surface area (Å²) in [5.41, 5.74) is 0.431. The Bertz CT molecular complexity index is 418. The second kappa shape index (κ2) is 5.65. The highest BCUT2D eigenvalue weighted by Gasteiger charge is 2.66. The summed E-state index contributed by atoms with van der Waals surface area (Å²) in [5.74, 6) is 4.26. The molecule has 2 N–H and O–H groups in total. The van der Waals surface area contributed by atoms with Crippen molar-refractivity contribution in [2.45, 2.75) is 56.7 Å². The van der Waals surface area contributed by atoms with Crippen molar-refractivity contribution in [3.8, 4) is 0 Å². The van der Waals surface area contributed by atoms with Gasteiger partial charge < -0.3 is 15.4 Å². The molecule has 4 nitrogen and oxygen atoms in total. The first-order valence-corrected chi connectivity index (χ1v) is 9.68. The summed E-state index contributed by atoms with van der Waals surface area (Å²) >= 11 is 2.06. The Morgan fingerprint density at radius 1 is 1.24 bits per heavy atom. The molecule has 0 bridgehead atoms. The van der Waals surface area contributed by atoms with Gasteiger partial charge in [0.25, 0.3) is 0 Å². The Labute approximate surface area is 131 Å². The average molecular weight is 309 g/mol. The van der Waals surface area contributed by atoms with Gasteiger partial charge in [0, 0.05) is 42.8 Å². The maximum absolute atomic E-state index is 6.00. The summed E-state index contributed by atoms with van der Waals surface area (Å²) < 4.78 is 6.00. The number of nitrogens with zero attached hydrogens (tertiary/aromatic N) is 1. The van der Waals surface area contributed by atoms with Gasteiger partial charge in [-0.15, -0.1) is 0 Å². The minimum Gasteiger partial charge on any atom is -0.377 e. The zero-order valence-electron chi connectivity index (χ0n) is 12.9. The van der Waals surface area contributed by atoms with Crippen molar-refractivity contribution in [3.63, 3.8) is 0 Å². The fourth-order valence-electron chi connectivity index (χ4n) is 4.82. The normalized spacial score (nSPS) is 41.1. The van der Waals surface area contributed by atoms with Crippen molar-refractivity contribution in [3.05, 3.63) is 0 Å². The molecule has 2 saturated carbocycles. The molecule has 2 aliphatic heterocycles. The van der Waals surface area contributed by atoms with Gasteiger partial charge in [-0.2, -0.15) is 11.8 Å². The van der Waals surface area contributed by atoms with Crippen LogP contribution in [0.15, 0.2) is 4.99 Å². The second-order valence-electron chi connectivity index (χ2n) is 7.08. The molecular formula is C16H27N3OS. The van der Waals surface area contributed by atoms with E-state index in [0.717, 1.165) is 12.6 Å². The summed E-state index contributed by atoms with van der Waals surface area (Å²) in [6.07, 6.45) is 8.40. The van der Waals surface area contributed by atoms with Crippen molar-refractivity contribution in [1.82, 2.24) is 10.6 Å². The van der Waals surface area contributed by atoms with E-state index in [0.29, 0.717) is 29.5 Å². The molecule has 5 heteroatoms. The maximum Gasteiger partial charge on any atom is 0.191 e. The summed E-state index contributed by atoms with van der Waals surface area (Å²) in [6.45, 7) is 0.959. The van der Waals surface area contributed by atoms with Crippen LogP contribution in [0.5, 0.6) is 0 Å². The van der Waals surface area contributed by atoms with E-state index in [1.54, 1.807) is 0 Å². The maximum atomic E-state index is 6.00. The highest BCUT2D eigenvalue weighted by Crippen LogP contribution is 2.62. The summed E-state index contributed by atoms with van der Waals surface area (Å²) in [7, 11) is 1.90. The van der Waals surface area contributed by atoms with E-state index in [4.69, 9.17) is 4.74 Å². The SMILES string of the molecule is CN=C(NC1CCCSC1)NC1C2CCOC2C12CCC2. The fraction of sp³-hybridized carbons (Fsp3) is 0.938. The Morgan fingerprint density at radius 3 is 2.81 bits per heavy atom. The molecule has 2 aliphatic carbocycles. The van der Waals surface area contributed by atoms with Gasteiger partial charge in [-0.25, -0.2) is 0 Å². The highest BCUT2D eigenvalue weighted by atomic mass is 32.2. The quantitative estimate of drug-likeness (QED) is 0.605. The fourth-order valence-corrected chi connectivity index (χ4v) is 5.89. The Balaban J connectivity index is 1.39. The van der Waals surface area contributed by atoms with Crippen molar-refractivity contribution in [2.24, 2.45) is 16.3 Å². The van der Waals surface area contributed by atoms with Crippen LogP contribution < -0.4 is 10.6 Å². The Hall–Kier alpha value is -0.420. The second-order valence-corrected chi connectivity index (χ2v) is 8.23. The first-order chi connectivity index (χ1) is 10.3. The lowest BCUT2D eigenvalue weighted by Gasteiger charge is -2.63. The van der Waals surface area contributed by atoms with Crippen molar-refractivity contribution < 1.29 is 4.74 Å². The van der Waals surface area contributed by atoms with Gasteiger partial charge in [-0.05, 0) is 37.9 Å². The summed E-state index contributed by atoms with van der Waals surface area (Å²) in [5, 5.41) is 7.41. The van der Waals surface area contributed by atoms with Gasteiger partial charge in [-0.1, -0.05) is 6.42 Å². The van der Waals surface area contributed by atoms with Gasteiger partial charge in [0.05, 0.1) is 6.10 Å². The lowest BCUT2D eigenvalue weighted by atomic mass is 9.46. The van der Waals surface area contributed by atoms with Crippen molar-refractivity contribution in [2.75, 3.05) is 25.2 Å². The molecule has 0 amide bonds. The smallest absolute Gasteiger partial charge is 0.191 e. The third-order valence-corrected chi connectivity index (χ3v) is 7.27. The molecule has 0 aromatic heterocycles. The first kappa shape index (κ1) is 14.2. The molecule has 0 aromatic rings. The van der Waals surface area contributed by atoms with Crippen LogP contribution in [0.2, 0.25) is 0 Å². The van der Waals surface area contributed by atoms with Crippen LogP contribution in [0.1, 0.15) is 38.5 Å². The molecule has 4 rings (SSSR count). The molecule has 2 saturated heterocycles. The Kier molecular flexibility index (Phi) is 3.82. The number of guanidine groups is 1. The first-order valence-electron chi connectivity index (χ1n) is 8.53. The lowest BCUT2D eigenvalue weighted by molar-refractivity contribution is -0.171. The molecule has 4 fully saturated rings. The number of rotatable bonds is 2. The van der Waals surface area contributed by atoms with Gasteiger partial charge in [-0.3, -0.25) is 4.99 Å². The third-order valence-electron chi connectivity index (χ3n) is 6.05. The lowest BCUT2D eigenvalue weighted by Crippen LogP contribution is -2.72. The minimum absolute atomic E-state index is 0.431. The largest absolute Gasteiger partial charge is 0.377 e. The van der Waals surface area contributed by atoms with Gasteiger partial charge in [0.1, 0.15) is 0 Å². The van der Waals surface area contributed by atoms with Crippen LogP contribution in [0.4, 0.5) is 0 Å². The molecule has 1 spiro atoms. The molecule has 4 aliphatic rings. The van der Waals surface area contributed by atoms with E-state index >= 15 is 0 Å². The Morgan fingerprint density at radius 2 is 2.14 bits per heavy atom. The standard InChI is InChI=1S/C16H27N3OS/c1-17-15(18-11-4-2-9-21-10-11)19-13-12-5-8-20-14(12)16(13)6-3-7-16/h11-14H,2-10H2,1H3,(H2,17,18,19). The van der Waals surface area contributed by atoms with Crippen LogP contribution in [0.3, 0.4) is 0 Å². The molecular weight excluding hydrogens is 282 g/mol. The van der Waals surface area contributed by atoms with E-state index < -0.39 is 0 Å². The number of thioether (sulfide) groups is 1. The minimum atomic E-state index is 0.431. The molecule has 21 heavy (non-hydrogen) atoms. The van der Waals surface area contributed by atoms with E-state index in [9.17, 15) is 0 Å². The molecule has 0 radical (unpaired) electrons. The predicted octanol–water partition coefficient (Wildman–Crippen LogP) is 2.00.